The topological polar surface area (TPSA) is 31.4 Å². The molecule has 2 heterocycles. The molecule has 1 aromatic rings. The van der Waals surface area contributed by atoms with Crippen LogP contribution in [0, 0.1) is 0 Å². The first-order chi connectivity index (χ1) is 10.2. The van der Waals surface area contributed by atoms with Crippen molar-refractivity contribution in [3.8, 4) is 0 Å². The number of aromatic nitrogens is 1. The summed E-state index contributed by atoms with van der Waals surface area (Å²) in [6, 6.07) is 4.57. The smallest absolute Gasteiger partial charge is 0.129 e. The summed E-state index contributed by atoms with van der Waals surface area (Å²) in [5.74, 6) is 1.06. The van der Waals surface area contributed by atoms with E-state index in [2.05, 4.69) is 42.1 Å². The molecule has 1 fully saturated rings. The van der Waals surface area contributed by atoms with E-state index in [-0.39, 0.29) is 0 Å². The third-order valence-electron chi connectivity index (χ3n) is 4.11. The van der Waals surface area contributed by atoms with Gasteiger partial charge in [-0.25, -0.2) is 4.98 Å². The highest BCUT2D eigenvalue weighted by molar-refractivity contribution is 6.31. The van der Waals surface area contributed by atoms with Crippen molar-refractivity contribution in [2.45, 2.75) is 39.3 Å². The lowest BCUT2D eigenvalue weighted by Crippen LogP contribution is -2.40. The molecule has 5 heteroatoms. The van der Waals surface area contributed by atoms with E-state index in [9.17, 15) is 0 Å². The standard InChI is InChI=1S/C16H27ClN4/c1-4-13-12-20(3)9-6-10-21(13)16-8-7-14(17)15(19-16)11-18-5-2/h7-8,13,18H,4-6,9-12H2,1-3H3. The van der Waals surface area contributed by atoms with Crippen molar-refractivity contribution >= 4 is 17.4 Å². The van der Waals surface area contributed by atoms with Crippen molar-refractivity contribution < 1.29 is 0 Å². The van der Waals surface area contributed by atoms with Crippen LogP contribution in [0.5, 0.6) is 0 Å². The molecule has 1 unspecified atom stereocenters. The number of pyridine rings is 1. The fraction of sp³-hybridized carbons (Fsp3) is 0.688. The molecule has 0 spiro atoms. The fourth-order valence-electron chi connectivity index (χ4n) is 2.89. The van der Waals surface area contributed by atoms with Crippen molar-refractivity contribution in [2.24, 2.45) is 0 Å². The molecule has 21 heavy (non-hydrogen) atoms. The van der Waals surface area contributed by atoms with Crippen LogP contribution >= 0.6 is 11.6 Å². The van der Waals surface area contributed by atoms with E-state index in [1.807, 2.05) is 6.07 Å². The van der Waals surface area contributed by atoms with Crippen LogP contribution in [0.15, 0.2) is 12.1 Å². The second kappa shape index (κ2) is 7.97. The van der Waals surface area contributed by atoms with Crippen LogP contribution in [0.2, 0.25) is 5.02 Å². The van der Waals surface area contributed by atoms with Gasteiger partial charge in [-0.3, -0.25) is 0 Å². The second-order valence-electron chi connectivity index (χ2n) is 5.75. The lowest BCUT2D eigenvalue weighted by Gasteiger charge is -2.31. The predicted octanol–water partition coefficient (Wildman–Crippen LogP) is 2.77. The van der Waals surface area contributed by atoms with Crippen molar-refractivity contribution in [3.05, 3.63) is 22.8 Å². The monoisotopic (exact) mass is 310 g/mol. The molecule has 118 valence electrons. The highest BCUT2D eigenvalue weighted by Crippen LogP contribution is 2.23. The summed E-state index contributed by atoms with van der Waals surface area (Å²) >= 11 is 6.27. The van der Waals surface area contributed by atoms with Gasteiger partial charge in [0.15, 0.2) is 0 Å². The van der Waals surface area contributed by atoms with E-state index in [1.165, 1.54) is 6.42 Å². The third-order valence-corrected chi connectivity index (χ3v) is 4.46. The molecule has 1 aliphatic rings. The first-order valence-corrected chi connectivity index (χ1v) is 8.34. The molecule has 0 amide bonds. The van der Waals surface area contributed by atoms with Crippen molar-refractivity contribution in [3.63, 3.8) is 0 Å². The zero-order valence-corrected chi connectivity index (χ0v) is 14.2. The molecule has 1 saturated heterocycles. The quantitative estimate of drug-likeness (QED) is 0.906. The Balaban J connectivity index is 2.22. The van der Waals surface area contributed by atoms with Gasteiger partial charge < -0.3 is 15.1 Å². The lowest BCUT2D eigenvalue weighted by molar-refractivity contribution is 0.327. The number of anilines is 1. The Labute approximate surface area is 133 Å². The molecular weight excluding hydrogens is 284 g/mol. The van der Waals surface area contributed by atoms with Crippen LogP contribution in [0.25, 0.3) is 0 Å². The largest absolute Gasteiger partial charge is 0.352 e. The summed E-state index contributed by atoms with van der Waals surface area (Å²) in [6.07, 6.45) is 2.32. The summed E-state index contributed by atoms with van der Waals surface area (Å²) in [7, 11) is 2.21. The first-order valence-electron chi connectivity index (χ1n) is 7.97. The molecule has 0 radical (unpaired) electrons. The van der Waals surface area contributed by atoms with E-state index in [0.29, 0.717) is 6.04 Å². The van der Waals surface area contributed by atoms with Gasteiger partial charge in [0.2, 0.25) is 0 Å². The van der Waals surface area contributed by atoms with E-state index in [1.54, 1.807) is 0 Å². The van der Waals surface area contributed by atoms with E-state index in [0.717, 1.165) is 55.7 Å². The van der Waals surface area contributed by atoms with E-state index in [4.69, 9.17) is 16.6 Å². The Kier molecular flexibility index (Phi) is 6.27. The second-order valence-corrected chi connectivity index (χ2v) is 6.16. The summed E-state index contributed by atoms with van der Waals surface area (Å²) in [6.45, 7) is 9.33. The maximum absolute atomic E-state index is 6.27. The van der Waals surface area contributed by atoms with Crippen molar-refractivity contribution in [1.29, 1.82) is 0 Å². The Morgan fingerprint density at radius 1 is 1.33 bits per heavy atom. The molecule has 0 aliphatic carbocycles. The molecular formula is C16H27ClN4. The number of nitrogens with one attached hydrogen (secondary N) is 1. The highest BCUT2D eigenvalue weighted by Gasteiger charge is 2.23. The van der Waals surface area contributed by atoms with Gasteiger partial charge in [-0.15, -0.1) is 0 Å². The van der Waals surface area contributed by atoms with Crippen LogP contribution < -0.4 is 10.2 Å². The molecule has 0 saturated carbocycles. The van der Waals surface area contributed by atoms with Gasteiger partial charge in [0.05, 0.1) is 10.7 Å². The summed E-state index contributed by atoms with van der Waals surface area (Å²) in [5.41, 5.74) is 0.948. The molecule has 1 N–H and O–H groups in total. The van der Waals surface area contributed by atoms with Gasteiger partial charge in [-0.1, -0.05) is 25.4 Å². The number of hydrogen-bond acceptors (Lipinski definition) is 4. The van der Waals surface area contributed by atoms with Gasteiger partial charge in [-0.2, -0.15) is 0 Å². The Morgan fingerprint density at radius 2 is 2.14 bits per heavy atom. The van der Waals surface area contributed by atoms with Crippen LogP contribution in [0.1, 0.15) is 32.4 Å². The third kappa shape index (κ3) is 4.31. The first kappa shape index (κ1) is 16.5. The van der Waals surface area contributed by atoms with Gasteiger partial charge in [-0.05, 0) is 45.1 Å². The fourth-order valence-corrected chi connectivity index (χ4v) is 3.07. The SMILES string of the molecule is CCNCc1nc(N2CCCN(C)CC2CC)ccc1Cl. The molecule has 1 aliphatic heterocycles. The summed E-state index contributed by atoms with van der Waals surface area (Å²) in [5, 5.41) is 4.06. The maximum Gasteiger partial charge on any atom is 0.129 e. The van der Waals surface area contributed by atoms with Gasteiger partial charge in [0, 0.05) is 25.7 Å². The zero-order chi connectivity index (χ0) is 15.2. The number of likely N-dealkylation sites (N-methyl/N-ethyl adjacent to an activating group) is 1. The van der Waals surface area contributed by atoms with Crippen LogP contribution in [-0.4, -0.2) is 49.2 Å². The number of rotatable bonds is 5. The van der Waals surface area contributed by atoms with Gasteiger partial charge >= 0.3 is 0 Å². The van der Waals surface area contributed by atoms with Crippen molar-refractivity contribution in [2.75, 3.05) is 38.1 Å². The highest BCUT2D eigenvalue weighted by atomic mass is 35.5. The van der Waals surface area contributed by atoms with Crippen LogP contribution in [-0.2, 0) is 6.54 Å². The Bertz CT molecular complexity index is 452. The van der Waals surface area contributed by atoms with E-state index >= 15 is 0 Å². The minimum atomic E-state index is 0.526. The Hall–Kier alpha value is -0.840. The molecule has 0 aromatic carbocycles. The normalized spacial score (nSPS) is 20.6. The summed E-state index contributed by atoms with van der Waals surface area (Å²) < 4.78 is 0. The van der Waals surface area contributed by atoms with Gasteiger partial charge in [0.1, 0.15) is 5.82 Å². The average molecular weight is 311 g/mol. The molecule has 0 bridgehead atoms. The lowest BCUT2D eigenvalue weighted by atomic mass is 10.2. The molecule has 1 aromatic heterocycles. The van der Waals surface area contributed by atoms with Crippen LogP contribution in [0.3, 0.4) is 0 Å². The van der Waals surface area contributed by atoms with Crippen LogP contribution in [0.4, 0.5) is 5.82 Å². The zero-order valence-electron chi connectivity index (χ0n) is 13.4. The molecule has 4 nitrogen and oxygen atoms in total. The number of hydrogen-bond donors (Lipinski definition) is 1. The Morgan fingerprint density at radius 3 is 2.86 bits per heavy atom. The van der Waals surface area contributed by atoms with Crippen molar-refractivity contribution in [1.82, 2.24) is 15.2 Å². The predicted molar refractivity (Wildman–Crippen MR) is 90.2 cm³/mol. The minimum Gasteiger partial charge on any atom is -0.352 e. The minimum absolute atomic E-state index is 0.526. The average Bonchev–Trinajstić information content (AvgIpc) is 2.67. The summed E-state index contributed by atoms with van der Waals surface area (Å²) in [4.78, 5) is 9.69. The molecule has 2 rings (SSSR count). The molecule has 1 atom stereocenters. The van der Waals surface area contributed by atoms with Gasteiger partial charge in [0.25, 0.3) is 0 Å². The maximum atomic E-state index is 6.27. The van der Waals surface area contributed by atoms with E-state index < -0.39 is 0 Å². The number of halogens is 1. The number of nitrogens with zero attached hydrogens (tertiary/aromatic N) is 3.